The van der Waals surface area contributed by atoms with E-state index in [0.29, 0.717) is 5.89 Å². The summed E-state index contributed by atoms with van der Waals surface area (Å²) in [7, 11) is 0. The molecular weight excluding hydrogens is 228 g/mol. The molecule has 0 N–H and O–H groups in total. The van der Waals surface area contributed by atoms with Gasteiger partial charge in [-0.15, -0.1) is 11.3 Å². The van der Waals surface area contributed by atoms with Crippen molar-refractivity contribution in [1.29, 1.82) is 0 Å². The molecule has 0 bridgehead atoms. The molecule has 3 heterocycles. The number of hydrogen-bond donors (Lipinski definition) is 0. The molecule has 3 nitrogen and oxygen atoms in total. The van der Waals surface area contributed by atoms with Crippen LogP contribution in [0, 0.1) is 0 Å². The van der Waals surface area contributed by atoms with E-state index in [1.165, 1.54) is 0 Å². The van der Waals surface area contributed by atoms with Crippen molar-refractivity contribution < 1.29 is 4.42 Å². The van der Waals surface area contributed by atoms with E-state index in [1.54, 1.807) is 35.1 Å². The summed E-state index contributed by atoms with van der Waals surface area (Å²) in [4.78, 5) is 8.53. The zero-order valence-corrected chi connectivity index (χ0v) is 9.22. The number of thiophene rings is 1. The molecule has 15 heavy (non-hydrogen) atoms. The molecule has 0 atom stereocenters. The van der Waals surface area contributed by atoms with E-state index in [0.717, 1.165) is 16.3 Å². The van der Waals surface area contributed by atoms with Gasteiger partial charge in [0.1, 0.15) is 6.26 Å². The first-order valence-electron chi connectivity index (χ1n) is 4.31. The molecular formula is C10H6N2OS2. The minimum Gasteiger partial charge on any atom is -0.443 e. The van der Waals surface area contributed by atoms with Gasteiger partial charge < -0.3 is 4.42 Å². The molecule has 0 unspecified atom stereocenters. The number of aromatic nitrogens is 2. The minimum absolute atomic E-state index is 0.585. The number of thiazole rings is 1. The zero-order chi connectivity index (χ0) is 10.1. The normalized spacial score (nSPS) is 10.7. The third-order valence-corrected chi connectivity index (χ3v) is 3.45. The maximum atomic E-state index is 5.19. The van der Waals surface area contributed by atoms with E-state index >= 15 is 0 Å². The molecule has 74 valence electrons. The number of hydrogen-bond acceptors (Lipinski definition) is 5. The quantitative estimate of drug-likeness (QED) is 0.681. The number of rotatable bonds is 2. The van der Waals surface area contributed by atoms with Gasteiger partial charge in [-0.3, -0.25) is 0 Å². The summed E-state index contributed by atoms with van der Waals surface area (Å²) in [5.41, 5.74) is 2.13. The van der Waals surface area contributed by atoms with Crippen molar-refractivity contribution in [3.63, 3.8) is 0 Å². The Balaban J connectivity index is 2.02. The highest BCUT2D eigenvalue weighted by atomic mass is 32.1. The van der Waals surface area contributed by atoms with Crippen molar-refractivity contribution in [1.82, 2.24) is 9.97 Å². The van der Waals surface area contributed by atoms with Gasteiger partial charge in [0.05, 0.1) is 11.9 Å². The van der Waals surface area contributed by atoms with E-state index in [9.17, 15) is 0 Å². The van der Waals surface area contributed by atoms with Crippen LogP contribution in [-0.4, -0.2) is 9.97 Å². The highest BCUT2D eigenvalue weighted by Gasteiger charge is 2.09. The van der Waals surface area contributed by atoms with Crippen LogP contribution >= 0.6 is 22.7 Å². The Bertz CT molecular complexity index is 491. The predicted octanol–water partition coefficient (Wildman–Crippen LogP) is 3.53. The van der Waals surface area contributed by atoms with E-state index in [1.807, 2.05) is 10.8 Å². The van der Waals surface area contributed by atoms with E-state index < -0.39 is 0 Å². The third kappa shape index (κ3) is 1.60. The monoisotopic (exact) mass is 234 g/mol. The second-order valence-corrected chi connectivity index (χ2v) is 4.53. The highest BCUT2D eigenvalue weighted by molar-refractivity contribution is 7.13. The molecule has 3 aromatic heterocycles. The molecule has 3 rings (SSSR count). The summed E-state index contributed by atoms with van der Waals surface area (Å²) in [6.45, 7) is 0. The molecule has 3 aromatic rings. The second kappa shape index (κ2) is 3.60. The average Bonchev–Trinajstić information content (AvgIpc) is 3.02. The van der Waals surface area contributed by atoms with Gasteiger partial charge >= 0.3 is 0 Å². The van der Waals surface area contributed by atoms with Crippen molar-refractivity contribution in [2.45, 2.75) is 0 Å². The first kappa shape index (κ1) is 8.82. The molecule has 0 saturated heterocycles. The Kier molecular flexibility index (Phi) is 2.12. The summed E-state index contributed by atoms with van der Waals surface area (Å²) < 4.78 is 5.19. The lowest BCUT2D eigenvalue weighted by Crippen LogP contribution is -1.76. The van der Waals surface area contributed by atoms with Crippen LogP contribution in [0.15, 0.2) is 39.1 Å². The largest absolute Gasteiger partial charge is 0.443 e. The SMILES string of the molecule is c1coc(-c2nc(-c3ccsc3)cs2)n1. The first-order valence-corrected chi connectivity index (χ1v) is 6.14. The Hall–Kier alpha value is -1.46. The van der Waals surface area contributed by atoms with Gasteiger partial charge in [0.25, 0.3) is 5.89 Å². The van der Waals surface area contributed by atoms with Crippen LogP contribution in [0.25, 0.3) is 22.2 Å². The fraction of sp³-hybridized carbons (Fsp3) is 0. The number of nitrogens with zero attached hydrogens (tertiary/aromatic N) is 2. The molecule has 0 fully saturated rings. The van der Waals surface area contributed by atoms with Gasteiger partial charge in [0.15, 0.2) is 5.01 Å². The van der Waals surface area contributed by atoms with Crippen LogP contribution in [0.3, 0.4) is 0 Å². The second-order valence-electron chi connectivity index (χ2n) is 2.89. The van der Waals surface area contributed by atoms with Crippen molar-refractivity contribution in [3.05, 3.63) is 34.7 Å². The topological polar surface area (TPSA) is 38.9 Å². The first-order chi connectivity index (χ1) is 7.43. The smallest absolute Gasteiger partial charge is 0.255 e. The molecule has 0 saturated carbocycles. The molecule has 0 aliphatic heterocycles. The Morgan fingerprint density at radius 1 is 1.27 bits per heavy atom. The predicted molar refractivity (Wildman–Crippen MR) is 60.9 cm³/mol. The fourth-order valence-corrected chi connectivity index (χ4v) is 2.66. The Morgan fingerprint density at radius 2 is 2.27 bits per heavy atom. The summed E-state index contributed by atoms with van der Waals surface area (Å²) in [5.74, 6) is 0.585. The molecule has 0 amide bonds. The van der Waals surface area contributed by atoms with Gasteiger partial charge in [-0.25, -0.2) is 9.97 Å². The zero-order valence-electron chi connectivity index (χ0n) is 7.58. The van der Waals surface area contributed by atoms with E-state index in [2.05, 4.69) is 21.4 Å². The van der Waals surface area contributed by atoms with E-state index in [-0.39, 0.29) is 0 Å². The lowest BCUT2D eigenvalue weighted by atomic mass is 10.3. The molecule has 0 aliphatic carbocycles. The van der Waals surface area contributed by atoms with Crippen molar-refractivity contribution >= 4 is 22.7 Å². The standard InChI is InChI=1S/C10H6N2OS2/c1-4-14-5-7(1)8-6-15-10(12-8)9-11-2-3-13-9/h1-6H. The Morgan fingerprint density at radius 3 is 3.00 bits per heavy atom. The molecule has 0 spiro atoms. The van der Waals surface area contributed by atoms with Gasteiger partial charge in [0, 0.05) is 16.3 Å². The lowest BCUT2D eigenvalue weighted by molar-refractivity contribution is 0.574. The van der Waals surface area contributed by atoms with Crippen LogP contribution in [0.5, 0.6) is 0 Å². The van der Waals surface area contributed by atoms with Crippen LogP contribution in [0.4, 0.5) is 0 Å². The van der Waals surface area contributed by atoms with Gasteiger partial charge in [0.2, 0.25) is 0 Å². The van der Waals surface area contributed by atoms with Crippen molar-refractivity contribution in [2.24, 2.45) is 0 Å². The van der Waals surface area contributed by atoms with Crippen LogP contribution in [0.1, 0.15) is 0 Å². The van der Waals surface area contributed by atoms with Gasteiger partial charge in [-0.2, -0.15) is 11.3 Å². The third-order valence-electron chi connectivity index (χ3n) is 1.94. The molecule has 0 aromatic carbocycles. The van der Waals surface area contributed by atoms with Crippen LogP contribution in [-0.2, 0) is 0 Å². The van der Waals surface area contributed by atoms with Crippen molar-refractivity contribution in [3.8, 4) is 22.2 Å². The average molecular weight is 234 g/mol. The fourth-order valence-electron chi connectivity index (χ4n) is 1.24. The van der Waals surface area contributed by atoms with Crippen LogP contribution < -0.4 is 0 Å². The molecule has 0 aliphatic rings. The van der Waals surface area contributed by atoms with Gasteiger partial charge in [-0.05, 0) is 11.4 Å². The number of oxazole rings is 1. The highest BCUT2D eigenvalue weighted by Crippen LogP contribution is 2.28. The summed E-state index contributed by atoms with van der Waals surface area (Å²) >= 11 is 3.21. The summed E-state index contributed by atoms with van der Waals surface area (Å²) in [5, 5.41) is 6.95. The summed E-state index contributed by atoms with van der Waals surface area (Å²) in [6, 6.07) is 2.05. The Labute approximate surface area is 94.1 Å². The maximum absolute atomic E-state index is 5.19. The lowest BCUT2D eigenvalue weighted by Gasteiger charge is -1.87. The minimum atomic E-state index is 0.585. The van der Waals surface area contributed by atoms with Gasteiger partial charge in [-0.1, -0.05) is 0 Å². The summed E-state index contributed by atoms with van der Waals surface area (Å²) in [6.07, 6.45) is 3.18. The van der Waals surface area contributed by atoms with Crippen molar-refractivity contribution in [2.75, 3.05) is 0 Å². The molecule has 5 heteroatoms. The van der Waals surface area contributed by atoms with E-state index in [4.69, 9.17) is 4.42 Å². The van der Waals surface area contributed by atoms with Crippen LogP contribution in [0.2, 0.25) is 0 Å². The molecule has 0 radical (unpaired) electrons. The maximum Gasteiger partial charge on any atom is 0.255 e.